The molecule has 2 aromatic heterocycles. The minimum Gasteiger partial charge on any atom is -0.311 e. The summed E-state index contributed by atoms with van der Waals surface area (Å²) in [5.41, 5.74) is 4.63. The first kappa shape index (κ1) is 9.19. The summed E-state index contributed by atoms with van der Waals surface area (Å²) in [5.74, 6) is 0. The van der Waals surface area contributed by atoms with Gasteiger partial charge in [0, 0.05) is 25.7 Å². The van der Waals surface area contributed by atoms with Crippen molar-refractivity contribution in [2.75, 3.05) is 6.54 Å². The zero-order valence-corrected chi connectivity index (χ0v) is 9.30. The van der Waals surface area contributed by atoms with E-state index in [4.69, 9.17) is 11.6 Å². The fraction of sp³-hybridized carbons (Fsp3) is 0.364. The van der Waals surface area contributed by atoms with E-state index in [2.05, 4.69) is 14.7 Å². The maximum absolute atomic E-state index is 6.05. The van der Waals surface area contributed by atoms with Gasteiger partial charge in [0.2, 0.25) is 0 Å². The minimum atomic E-state index is 0.769. The van der Waals surface area contributed by atoms with Crippen molar-refractivity contribution in [1.29, 1.82) is 0 Å². The summed E-state index contributed by atoms with van der Waals surface area (Å²) in [4.78, 5) is 4.66. The molecule has 0 aliphatic carbocycles. The van der Waals surface area contributed by atoms with E-state index >= 15 is 0 Å². The molecule has 3 heterocycles. The molecule has 0 radical (unpaired) electrons. The Kier molecular flexibility index (Phi) is 1.97. The van der Waals surface area contributed by atoms with Gasteiger partial charge in [-0.1, -0.05) is 11.6 Å². The van der Waals surface area contributed by atoms with Gasteiger partial charge < -0.3 is 9.72 Å². The highest BCUT2D eigenvalue weighted by Gasteiger charge is 2.16. The number of halogens is 1. The molecule has 3 nitrogen and oxygen atoms in total. The standard InChI is InChI=1S/C11H12ClN3/c1-7-4-8(12)6-15-10-5-13-3-2-9(10)14-11(7)15/h4,6,13H,2-3,5H2,1H3. The number of pyridine rings is 1. The van der Waals surface area contributed by atoms with Crippen molar-refractivity contribution in [1.82, 2.24) is 14.7 Å². The average molecular weight is 222 g/mol. The van der Waals surface area contributed by atoms with E-state index < -0.39 is 0 Å². The van der Waals surface area contributed by atoms with Crippen LogP contribution in [0, 0.1) is 6.92 Å². The second-order valence-electron chi connectivity index (χ2n) is 3.97. The number of aromatic nitrogens is 2. The Morgan fingerprint density at radius 2 is 2.40 bits per heavy atom. The summed E-state index contributed by atoms with van der Waals surface area (Å²) in [6, 6.07) is 1.96. The van der Waals surface area contributed by atoms with Crippen LogP contribution in [0.15, 0.2) is 12.3 Å². The normalized spacial score (nSPS) is 15.6. The molecule has 78 valence electrons. The maximum atomic E-state index is 6.05. The lowest BCUT2D eigenvalue weighted by Gasteiger charge is -2.12. The Morgan fingerprint density at radius 1 is 1.53 bits per heavy atom. The molecule has 0 spiro atoms. The van der Waals surface area contributed by atoms with Crippen molar-refractivity contribution < 1.29 is 0 Å². The molecule has 15 heavy (non-hydrogen) atoms. The van der Waals surface area contributed by atoms with Crippen LogP contribution >= 0.6 is 11.6 Å². The lowest BCUT2D eigenvalue weighted by Crippen LogP contribution is -2.24. The molecule has 3 rings (SSSR count). The molecule has 0 saturated carbocycles. The third-order valence-electron chi connectivity index (χ3n) is 2.88. The Balaban J connectivity index is 2.37. The number of nitrogens with zero attached hydrogens (tertiary/aromatic N) is 2. The Hall–Kier alpha value is -1.06. The summed E-state index contributed by atoms with van der Waals surface area (Å²) in [6.45, 7) is 3.95. The van der Waals surface area contributed by atoms with E-state index in [0.717, 1.165) is 35.7 Å². The van der Waals surface area contributed by atoms with Crippen molar-refractivity contribution in [3.05, 3.63) is 34.2 Å². The van der Waals surface area contributed by atoms with Crippen LogP contribution in [-0.2, 0) is 13.0 Å². The third kappa shape index (κ3) is 1.34. The predicted molar refractivity (Wildman–Crippen MR) is 60.3 cm³/mol. The molecule has 0 aromatic carbocycles. The average Bonchev–Trinajstić information content (AvgIpc) is 2.57. The summed E-state index contributed by atoms with van der Waals surface area (Å²) < 4.78 is 2.11. The quantitative estimate of drug-likeness (QED) is 0.737. The summed E-state index contributed by atoms with van der Waals surface area (Å²) in [5, 5.41) is 4.12. The molecule has 2 aromatic rings. The molecule has 0 fully saturated rings. The first-order chi connectivity index (χ1) is 7.25. The van der Waals surface area contributed by atoms with Gasteiger partial charge in [-0.15, -0.1) is 0 Å². The van der Waals surface area contributed by atoms with Crippen LogP contribution in [0.2, 0.25) is 5.02 Å². The van der Waals surface area contributed by atoms with E-state index in [0.29, 0.717) is 0 Å². The van der Waals surface area contributed by atoms with E-state index in [1.807, 2.05) is 19.2 Å². The van der Waals surface area contributed by atoms with Crippen molar-refractivity contribution in [2.45, 2.75) is 19.9 Å². The maximum Gasteiger partial charge on any atom is 0.140 e. The van der Waals surface area contributed by atoms with Crippen molar-refractivity contribution >= 4 is 17.2 Å². The van der Waals surface area contributed by atoms with Gasteiger partial charge in [0.25, 0.3) is 0 Å². The van der Waals surface area contributed by atoms with Crippen LogP contribution in [0.5, 0.6) is 0 Å². The smallest absolute Gasteiger partial charge is 0.140 e. The number of imidazole rings is 1. The molecular weight excluding hydrogens is 210 g/mol. The van der Waals surface area contributed by atoms with E-state index in [9.17, 15) is 0 Å². The van der Waals surface area contributed by atoms with Crippen LogP contribution < -0.4 is 5.32 Å². The SMILES string of the molecule is Cc1cc(Cl)cn2c3c(nc12)CCNC3. The Bertz CT molecular complexity index is 530. The number of nitrogens with one attached hydrogen (secondary N) is 1. The Labute approximate surface area is 93.1 Å². The summed E-state index contributed by atoms with van der Waals surface area (Å²) >= 11 is 6.05. The summed E-state index contributed by atoms with van der Waals surface area (Å²) in [6.07, 6.45) is 2.96. The molecular formula is C11H12ClN3. The first-order valence-electron chi connectivity index (χ1n) is 5.12. The van der Waals surface area contributed by atoms with E-state index in [1.54, 1.807) is 0 Å². The van der Waals surface area contributed by atoms with Crippen molar-refractivity contribution in [2.24, 2.45) is 0 Å². The monoisotopic (exact) mass is 221 g/mol. The lowest BCUT2D eigenvalue weighted by atomic mass is 10.2. The second kappa shape index (κ2) is 3.22. The van der Waals surface area contributed by atoms with Gasteiger partial charge in [0.1, 0.15) is 5.65 Å². The van der Waals surface area contributed by atoms with Gasteiger partial charge in [-0.3, -0.25) is 0 Å². The third-order valence-corrected chi connectivity index (χ3v) is 3.09. The van der Waals surface area contributed by atoms with Gasteiger partial charge in [-0.25, -0.2) is 4.98 Å². The van der Waals surface area contributed by atoms with Gasteiger partial charge in [-0.2, -0.15) is 0 Å². The van der Waals surface area contributed by atoms with Crippen LogP contribution in [0.4, 0.5) is 0 Å². The fourth-order valence-corrected chi connectivity index (χ4v) is 2.42. The highest BCUT2D eigenvalue weighted by Crippen LogP contribution is 2.21. The predicted octanol–water partition coefficient (Wildman–Crippen LogP) is 1.94. The number of hydrogen-bond acceptors (Lipinski definition) is 2. The van der Waals surface area contributed by atoms with Gasteiger partial charge in [0.15, 0.2) is 0 Å². The van der Waals surface area contributed by atoms with Crippen LogP contribution in [0.1, 0.15) is 17.0 Å². The van der Waals surface area contributed by atoms with Crippen molar-refractivity contribution in [3.8, 4) is 0 Å². The Morgan fingerprint density at radius 3 is 3.27 bits per heavy atom. The number of fused-ring (bicyclic) bond motifs is 3. The minimum absolute atomic E-state index is 0.769. The summed E-state index contributed by atoms with van der Waals surface area (Å²) in [7, 11) is 0. The molecule has 0 bridgehead atoms. The lowest BCUT2D eigenvalue weighted by molar-refractivity contribution is 0.621. The number of aryl methyl sites for hydroxylation is 1. The van der Waals surface area contributed by atoms with Crippen molar-refractivity contribution in [3.63, 3.8) is 0 Å². The highest BCUT2D eigenvalue weighted by molar-refractivity contribution is 6.30. The molecule has 4 heteroatoms. The molecule has 0 atom stereocenters. The van der Waals surface area contributed by atoms with Crippen LogP contribution in [0.3, 0.4) is 0 Å². The fourth-order valence-electron chi connectivity index (χ4n) is 2.16. The molecule has 1 N–H and O–H groups in total. The van der Waals surface area contributed by atoms with Crippen LogP contribution in [-0.4, -0.2) is 15.9 Å². The molecule has 1 aliphatic heterocycles. The molecule has 1 aliphatic rings. The highest BCUT2D eigenvalue weighted by atomic mass is 35.5. The molecule has 0 amide bonds. The van der Waals surface area contributed by atoms with Gasteiger partial charge in [-0.05, 0) is 18.6 Å². The van der Waals surface area contributed by atoms with Gasteiger partial charge in [0.05, 0.1) is 16.4 Å². The van der Waals surface area contributed by atoms with E-state index in [-0.39, 0.29) is 0 Å². The zero-order chi connectivity index (χ0) is 10.4. The van der Waals surface area contributed by atoms with Crippen LogP contribution in [0.25, 0.3) is 5.65 Å². The molecule has 0 unspecified atom stereocenters. The zero-order valence-electron chi connectivity index (χ0n) is 8.55. The van der Waals surface area contributed by atoms with Gasteiger partial charge >= 0.3 is 0 Å². The number of rotatable bonds is 0. The number of hydrogen-bond donors (Lipinski definition) is 1. The van der Waals surface area contributed by atoms with E-state index in [1.165, 1.54) is 11.4 Å². The first-order valence-corrected chi connectivity index (χ1v) is 5.50. The largest absolute Gasteiger partial charge is 0.311 e. The molecule has 0 saturated heterocycles. The second-order valence-corrected chi connectivity index (χ2v) is 4.40. The topological polar surface area (TPSA) is 29.3 Å².